The molecule has 5 rings (SSSR count). The molecule has 6 nitrogen and oxygen atoms in total. The van der Waals surface area contributed by atoms with Gasteiger partial charge in [-0.25, -0.2) is 4.98 Å². The number of hydrogen-bond donors (Lipinski definition) is 0. The van der Waals surface area contributed by atoms with Gasteiger partial charge in [-0.1, -0.05) is 30.3 Å². The molecule has 31 heavy (non-hydrogen) atoms. The van der Waals surface area contributed by atoms with Crippen LogP contribution in [0.3, 0.4) is 0 Å². The van der Waals surface area contributed by atoms with E-state index in [4.69, 9.17) is 4.74 Å². The van der Waals surface area contributed by atoms with Crippen molar-refractivity contribution in [2.24, 2.45) is 0 Å². The number of benzene rings is 1. The molecule has 1 saturated heterocycles. The lowest BCUT2D eigenvalue weighted by molar-refractivity contribution is 0.0707. The molecule has 2 aliphatic rings. The minimum atomic E-state index is 0.108. The van der Waals surface area contributed by atoms with Crippen molar-refractivity contribution in [3.63, 3.8) is 0 Å². The van der Waals surface area contributed by atoms with Crippen LogP contribution in [0.15, 0.2) is 41.5 Å². The van der Waals surface area contributed by atoms with Crippen molar-refractivity contribution < 1.29 is 4.74 Å². The topological polar surface area (TPSA) is 50.6 Å². The lowest BCUT2D eigenvalue weighted by Gasteiger charge is -2.40. The van der Waals surface area contributed by atoms with Crippen LogP contribution < -0.4 is 5.56 Å². The number of aryl methyl sites for hydroxylation is 1. The summed E-state index contributed by atoms with van der Waals surface area (Å²) < 4.78 is 6.98. The normalized spacial score (nSPS) is 20.2. The van der Waals surface area contributed by atoms with Crippen LogP contribution in [0.1, 0.15) is 22.4 Å². The second-order valence-corrected chi connectivity index (χ2v) is 9.70. The van der Waals surface area contributed by atoms with Gasteiger partial charge in [0.2, 0.25) is 0 Å². The first-order valence-corrected chi connectivity index (χ1v) is 12.0. The average Bonchev–Trinajstić information content (AvgIpc) is 3.19. The van der Waals surface area contributed by atoms with Crippen LogP contribution >= 0.6 is 11.3 Å². The van der Waals surface area contributed by atoms with E-state index in [1.807, 2.05) is 18.2 Å². The highest BCUT2D eigenvalue weighted by atomic mass is 32.1. The quantitative estimate of drug-likeness (QED) is 0.592. The Morgan fingerprint density at radius 3 is 2.74 bits per heavy atom. The molecule has 3 aromatic rings. The molecule has 1 atom stereocenters. The molecule has 164 valence electrons. The van der Waals surface area contributed by atoms with E-state index >= 15 is 0 Å². The summed E-state index contributed by atoms with van der Waals surface area (Å²) in [5, 5.41) is 0.862. The van der Waals surface area contributed by atoms with Gasteiger partial charge in [-0.05, 0) is 30.4 Å². The molecule has 0 N–H and O–H groups in total. The van der Waals surface area contributed by atoms with Crippen LogP contribution in [0.4, 0.5) is 0 Å². The first kappa shape index (κ1) is 20.8. The molecule has 1 aliphatic heterocycles. The van der Waals surface area contributed by atoms with Gasteiger partial charge in [0, 0.05) is 50.8 Å². The highest BCUT2D eigenvalue weighted by Crippen LogP contribution is 2.35. The summed E-state index contributed by atoms with van der Waals surface area (Å²) in [5.74, 6) is 0. The standard InChI is InChI=1S/C24H30N4O2S/c1-30-14-13-26-9-11-27(12-10-26)19-7-8-20-21(15-19)31-23-22(20)24(29)28(17-25-23)16-18-5-3-2-4-6-18/h2-6,17,19H,7-16H2,1H3. The zero-order valence-electron chi connectivity index (χ0n) is 18.1. The molecule has 0 saturated carbocycles. The SMILES string of the molecule is COCCN1CCN(C2CCc3c(sc4ncn(Cc5ccccc5)c(=O)c34)C2)CC1. The van der Waals surface area contributed by atoms with Gasteiger partial charge in [0.1, 0.15) is 4.83 Å². The summed E-state index contributed by atoms with van der Waals surface area (Å²) in [6, 6.07) is 10.7. The first-order valence-electron chi connectivity index (χ1n) is 11.2. The Morgan fingerprint density at radius 1 is 1.16 bits per heavy atom. The third-order valence-electron chi connectivity index (χ3n) is 6.74. The number of rotatable bonds is 6. The zero-order valence-corrected chi connectivity index (χ0v) is 18.9. The van der Waals surface area contributed by atoms with Crippen molar-refractivity contribution in [2.75, 3.05) is 46.4 Å². The van der Waals surface area contributed by atoms with Crippen molar-refractivity contribution in [1.82, 2.24) is 19.4 Å². The largest absolute Gasteiger partial charge is 0.383 e. The second-order valence-electron chi connectivity index (χ2n) is 8.61. The summed E-state index contributed by atoms with van der Waals surface area (Å²) in [5.41, 5.74) is 2.49. The van der Waals surface area contributed by atoms with Crippen LogP contribution in [-0.4, -0.2) is 71.8 Å². The van der Waals surface area contributed by atoms with Crippen LogP contribution in [0.5, 0.6) is 0 Å². The summed E-state index contributed by atoms with van der Waals surface area (Å²) in [4.78, 5) is 25.4. The van der Waals surface area contributed by atoms with Crippen LogP contribution in [0.2, 0.25) is 0 Å². The van der Waals surface area contributed by atoms with Gasteiger partial charge in [0.25, 0.3) is 5.56 Å². The molecule has 1 fully saturated rings. The molecular weight excluding hydrogens is 408 g/mol. The van der Waals surface area contributed by atoms with Gasteiger partial charge in [-0.2, -0.15) is 0 Å². The predicted octanol–water partition coefficient (Wildman–Crippen LogP) is 2.63. The molecule has 2 aromatic heterocycles. The van der Waals surface area contributed by atoms with Crippen LogP contribution in [0, 0.1) is 0 Å². The molecule has 3 heterocycles. The van der Waals surface area contributed by atoms with Crippen molar-refractivity contribution >= 4 is 21.6 Å². The average molecular weight is 439 g/mol. The molecule has 0 amide bonds. The smallest absolute Gasteiger partial charge is 0.262 e. The van der Waals surface area contributed by atoms with Crippen molar-refractivity contribution in [2.45, 2.75) is 31.8 Å². The van der Waals surface area contributed by atoms with E-state index in [9.17, 15) is 4.79 Å². The Hall–Kier alpha value is -2.06. The Balaban J connectivity index is 1.32. The molecular formula is C24H30N4O2S. The maximum atomic E-state index is 13.3. The minimum Gasteiger partial charge on any atom is -0.383 e. The van der Waals surface area contributed by atoms with Gasteiger partial charge in [-0.3, -0.25) is 19.2 Å². The van der Waals surface area contributed by atoms with Crippen molar-refractivity contribution in [3.8, 4) is 0 Å². The van der Waals surface area contributed by atoms with Crippen molar-refractivity contribution in [1.29, 1.82) is 0 Å². The summed E-state index contributed by atoms with van der Waals surface area (Å²) in [6.45, 7) is 6.88. The van der Waals surface area contributed by atoms with Gasteiger partial charge in [-0.15, -0.1) is 11.3 Å². The van der Waals surface area contributed by atoms with Gasteiger partial charge in [0.15, 0.2) is 0 Å². The van der Waals surface area contributed by atoms with E-state index in [1.54, 1.807) is 29.3 Å². The van der Waals surface area contributed by atoms with Gasteiger partial charge < -0.3 is 4.74 Å². The second kappa shape index (κ2) is 9.20. The summed E-state index contributed by atoms with van der Waals surface area (Å²) in [7, 11) is 1.77. The van der Waals surface area contributed by atoms with Gasteiger partial charge >= 0.3 is 0 Å². The molecule has 7 heteroatoms. The number of hydrogen-bond acceptors (Lipinski definition) is 6. The number of ether oxygens (including phenoxy) is 1. The minimum absolute atomic E-state index is 0.108. The fourth-order valence-corrected chi connectivity index (χ4v) is 6.21. The third-order valence-corrected chi connectivity index (χ3v) is 7.90. The van der Waals surface area contributed by atoms with E-state index < -0.39 is 0 Å². The number of piperazine rings is 1. The lowest BCUT2D eigenvalue weighted by Crippen LogP contribution is -2.52. The van der Waals surface area contributed by atoms with E-state index in [-0.39, 0.29) is 5.56 Å². The molecule has 1 aromatic carbocycles. The fourth-order valence-electron chi connectivity index (χ4n) is 4.96. The van der Waals surface area contributed by atoms with E-state index in [2.05, 4.69) is 26.9 Å². The maximum Gasteiger partial charge on any atom is 0.262 e. The van der Waals surface area contributed by atoms with E-state index in [0.29, 0.717) is 12.6 Å². The van der Waals surface area contributed by atoms with Crippen molar-refractivity contribution in [3.05, 3.63) is 63.0 Å². The summed E-state index contributed by atoms with van der Waals surface area (Å²) in [6.07, 6.45) is 4.88. The number of thiophene rings is 1. The molecule has 0 spiro atoms. The van der Waals surface area contributed by atoms with E-state index in [0.717, 1.165) is 74.4 Å². The molecule has 1 unspecified atom stereocenters. The number of aromatic nitrogens is 2. The maximum absolute atomic E-state index is 13.3. The Bertz CT molecular complexity index is 1090. The molecule has 1 aliphatic carbocycles. The van der Waals surface area contributed by atoms with Crippen LogP contribution in [-0.2, 0) is 24.1 Å². The molecule has 0 bridgehead atoms. The highest BCUT2D eigenvalue weighted by Gasteiger charge is 2.30. The fraction of sp³-hybridized carbons (Fsp3) is 0.500. The zero-order chi connectivity index (χ0) is 21.2. The predicted molar refractivity (Wildman–Crippen MR) is 125 cm³/mol. The van der Waals surface area contributed by atoms with Crippen LogP contribution in [0.25, 0.3) is 10.2 Å². The number of fused-ring (bicyclic) bond motifs is 3. The number of methoxy groups -OCH3 is 1. The first-order chi connectivity index (χ1) is 15.2. The Morgan fingerprint density at radius 2 is 1.97 bits per heavy atom. The summed E-state index contributed by atoms with van der Waals surface area (Å²) >= 11 is 1.73. The van der Waals surface area contributed by atoms with Gasteiger partial charge in [0.05, 0.1) is 24.9 Å². The Kier molecular flexibility index (Phi) is 6.18. The highest BCUT2D eigenvalue weighted by molar-refractivity contribution is 7.18. The third kappa shape index (κ3) is 4.32. The molecule has 0 radical (unpaired) electrons. The monoisotopic (exact) mass is 438 g/mol. The Labute approximate surface area is 187 Å². The van der Waals surface area contributed by atoms with E-state index in [1.165, 1.54) is 10.4 Å². The number of nitrogens with zero attached hydrogens (tertiary/aromatic N) is 4. The lowest BCUT2D eigenvalue weighted by atomic mass is 9.91.